The molecule has 5 rings (SSSR count). The van der Waals surface area contributed by atoms with Crippen molar-refractivity contribution in [3.05, 3.63) is 65.2 Å². The lowest BCUT2D eigenvalue weighted by molar-refractivity contribution is -0.142. The maximum Gasteiger partial charge on any atom is 0.306 e. The van der Waals surface area contributed by atoms with Gasteiger partial charge in [0, 0.05) is 42.5 Å². The number of fused-ring (bicyclic) bond motifs is 1. The van der Waals surface area contributed by atoms with Crippen LogP contribution in [0.4, 0.5) is 10.2 Å². The van der Waals surface area contributed by atoms with Crippen LogP contribution in [-0.4, -0.2) is 48.7 Å². The average Bonchev–Trinajstić information content (AvgIpc) is 3.53. The largest absolute Gasteiger partial charge is 0.481 e. The number of aromatic nitrogens is 5. The third-order valence-corrected chi connectivity index (χ3v) is 6.86. The predicted octanol–water partition coefficient (Wildman–Crippen LogP) is 4.60. The van der Waals surface area contributed by atoms with Crippen molar-refractivity contribution in [1.82, 2.24) is 24.5 Å². The lowest BCUT2D eigenvalue weighted by Crippen LogP contribution is -2.36. The van der Waals surface area contributed by atoms with Gasteiger partial charge in [-0.3, -0.25) is 9.48 Å². The highest BCUT2D eigenvalue weighted by Crippen LogP contribution is 2.26. The maximum absolute atomic E-state index is 14.6. The Morgan fingerprint density at radius 2 is 1.85 bits per heavy atom. The van der Waals surface area contributed by atoms with Crippen LogP contribution in [0.1, 0.15) is 40.5 Å². The molecule has 0 atom stereocenters. The Balaban J connectivity index is 0.00000172. The number of piperidine rings is 1. The summed E-state index contributed by atoms with van der Waals surface area (Å²) in [5, 5.41) is 21.1. The molecule has 0 radical (unpaired) electrons. The van der Waals surface area contributed by atoms with Gasteiger partial charge < -0.3 is 10.0 Å². The number of hydrogen-bond acceptors (Lipinski definition) is 5. The van der Waals surface area contributed by atoms with Crippen molar-refractivity contribution in [2.75, 3.05) is 18.0 Å². The minimum Gasteiger partial charge on any atom is -0.481 e. The summed E-state index contributed by atoms with van der Waals surface area (Å²) in [4.78, 5) is 18.0. The Hall–Kier alpha value is -4.27. The number of pyridine rings is 1. The first-order valence-electron chi connectivity index (χ1n) is 13.4. The number of aryl methyl sites for hydroxylation is 1. The molecule has 0 spiro atoms. The van der Waals surface area contributed by atoms with E-state index in [1.54, 1.807) is 22.5 Å². The van der Waals surface area contributed by atoms with Crippen LogP contribution in [0.5, 0.6) is 0 Å². The highest BCUT2D eigenvalue weighted by molar-refractivity contribution is 5.93. The number of carbonyl (C=O) groups is 1. The summed E-state index contributed by atoms with van der Waals surface area (Å²) in [6.45, 7) is 8.87. The van der Waals surface area contributed by atoms with Gasteiger partial charge in [-0.25, -0.2) is 14.1 Å². The number of benzene rings is 1. The average molecular weight is 531 g/mol. The van der Waals surface area contributed by atoms with Crippen molar-refractivity contribution >= 4 is 34.8 Å². The monoisotopic (exact) mass is 530 g/mol. The SMILES string of the molecule is C/C=c1/c(=C\C(F)=C/C)c(-c2cccc3nn(C)cc23)nn1-c1ccc(N2CCC(C(=O)O)CC2)nc1.CC. The Morgan fingerprint density at radius 3 is 2.46 bits per heavy atom. The number of nitrogens with zero attached hydrogens (tertiary/aromatic N) is 6. The van der Waals surface area contributed by atoms with Crippen molar-refractivity contribution < 1.29 is 14.3 Å². The van der Waals surface area contributed by atoms with Crippen LogP contribution in [0.3, 0.4) is 0 Å². The molecule has 0 amide bonds. The quantitative estimate of drug-likeness (QED) is 0.406. The summed E-state index contributed by atoms with van der Waals surface area (Å²) in [6.07, 6.45) is 9.76. The predicted molar refractivity (Wildman–Crippen MR) is 154 cm³/mol. The second kappa shape index (κ2) is 12.1. The smallest absolute Gasteiger partial charge is 0.306 e. The minimum atomic E-state index is -0.732. The molecule has 4 heterocycles. The fourth-order valence-corrected chi connectivity index (χ4v) is 4.89. The van der Waals surface area contributed by atoms with E-state index in [0.717, 1.165) is 33.3 Å². The van der Waals surface area contributed by atoms with Gasteiger partial charge in [-0.1, -0.05) is 38.1 Å². The molecule has 8 nitrogen and oxygen atoms in total. The number of aliphatic carboxylic acids is 1. The summed E-state index contributed by atoms with van der Waals surface area (Å²) in [5.74, 6) is -0.573. The van der Waals surface area contributed by atoms with Crippen LogP contribution >= 0.6 is 0 Å². The zero-order chi connectivity index (χ0) is 28.1. The summed E-state index contributed by atoms with van der Waals surface area (Å²) >= 11 is 0. The molecular formula is C30H35FN6O2. The van der Waals surface area contributed by atoms with Crippen molar-refractivity contribution in [3.8, 4) is 16.9 Å². The van der Waals surface area contributed by atoms with Crippen molar-refractivity contribution in [1.29, 1.82) is 0 Å². The Morgan fingerprint density at radius 1 is 1.10 bits per heavy atom. The molecule has 0 saturated carbocycles. The van der Waals surface area contributed by atoms with E-state index >= 15 is 0 Å². The van der Waals surface area contributed by atoms with Gasteiger partial charge in [0.25, 0.3) is 0 Å². The third kappa shape index (κ3) is 5.62. The van der Waals surface area contributed by atoms with Crippen LogP contribution in [0.25, 0.3) is 40.0 Å². The second-order valence-electron chi connectivity index (χ2n) is 9.18. The molecule has 1 aromatic carbocycles. The second-order valence-corrected chi connectivity index (χ2v) is 9.18. The van der Waals surface area contributed by atoms with E-state index in [0.29, 0.717) is 36.8 Å². The van der Waals surface area contributed by atoms with E-state index in [9.17, 15) is 14.3 Å². The van der Waals surface area contributed by atoms with Crippen LogP contribution < -0.4 is 15.5 Å². The summed E-state index contributed by atoms with van der Waals surface area (Å²) in [7, 11) is 1.87. The molecule has 1 fully saturated rings. The molecule has 1 saturated heterocycles. The van der Waals surface area contributed by atoms with E-state index < -0.39 is 5.97 Å². The lowest BCUT2D eigenvalue weighted by atomic mass is 9.97. The topological polar surface area (TPSA) is 89.1 Å². The molecule has 9 heteroatoms. The van der Waals surface area contributed by atoms with Gasteiger partial charge in [0.15, 0.2) is 0 Å². The van der Waals surface area contributed by atoms with Gasteiger partial charge in [0.1, 0.15) is 17.3 Å². The van der Waals surface area contributed by atoms with Gasteiger partial charge in [-0.05, 0) is 51.0 Å². The van der Waals surface area contributed by atoms with Crippen LogP contribution in [0, 0.1) is 5.92 Å². The number of carboxylic acids is 1. The number of anilines is 1. The number of halogens is 1. The lowest BCUT2D eigenvalue weighted by Gasteiger charge is -2.31. The molecule has 204 valence electrons. The van der Waals surface area contributed by atoms with Crippen molar-refractivity contribution in [2.45, 2.75) is 40.5 Å². The summed E-state index contributed by atoms with van der Waals surface area (Å²) in [6, 6.07) is 9.72. The number of hydrogen-bond donors (Lipinski definition) is 1. The van der Waals surface area contributed by atoms with Crippen LogP contribution in [0.15, 0.2) is 54.6 Å². The number of rotatable bonds is 5. The zero-order valence-corrected chi connectivity index (χ0v) is 23.1. The van der Waals surface area contributed by atoms with E-state index in [1.165, 1.54) is 12.2 Å². The van der Waals surface area contributed by atoms with Gasteiger partial charge in [-0.15, -0.1) is 0 Å². The van der Waals surface area contributed by atoms with E-state index in [1.807, 2.05) is 70.4 Å². The molecule has 4 aromatic rings. The maximum atomic E-state index is 14.6. The molecule has 1 N–H and O–H groups in total. The highest BCUT2D eigenvalue weighted by atomic mass is 19.1. The normalized spacial score (nSPS) is 15.5. The molecular weight excluding hydrogens is 495 g/mol. The van der Waals surface area contributed by atoms with Gasteiger partial charge >= 0.3 is 5.97 Å². The summed E-state index contributed by atoms with van der Waals surface area (Å²) < 4.78 is 18.1. The third-order valence-electron chi connectivity index (χ3n) is 6.86. The molecule has 0 aliphatic carbocycles. The molecule has 0 bridgehead atoms. The fourth-order valence-electron chi connectivity index (χ4n) is 4.89. The van der Waals surface area contributed by atoms with Crippen LogP contribution in [-0.2, 0) is 11.8 Å². The zero-order valence-electron chi connectivity index (χ0n) is 23.1. The first kappa shape index (κ1) is 27.8. The number of allylic oxidation sites excluding steroid dienone is 2. The Labute approximate surface area is 227 Å². The Kier molecular flexibility index (Phi) is 8.59. The van der Waals surface area contributed by atoms with Crippen molar-refractivity contribution in [2.24, 2.45) is 13.0 Å². The van der Waals surface area contributed by atoms with Crippen molar-refractivity contribution in [3.63, 3.8) is 0 Å². The van der Waals surface area contributed by atoms with E-state index in [2.05, 4.69) is 15.0 Å². The molecule has 0 unspecified atom stereocenters. The molecule has 1 aliphatic rings. The standard InChI is InChI=1S/C28H29FN6O2.C2H6/c1-4-19(29)15-22-25(5-2)35(32-27(22)21-7-6-8-24-23(21)17-33(3)31-24)20-9-10-26(30-16-20)34-13-11-18(12-14-34)28(36)37;1-2/h4-10,15-18H,11-14H2,1-3H3,(H,36,37);1-2H3/b19-4+,22-15+,25-5-;. The Bertz CT molecular complexity index is 1610. The summed E-state index contributed by atoms with van der Waals surface area (Å²) in [5.41, 5.74) is 3.11. The molecule has 3 aromatic heterocycles. The van der Waals surface area contributed by atoms with E-state index in [4.69, 9.17) is 5.10 Å². The van der Waals surface area contributed by atoms with E-state index in [-0.39, 0.29) is 11.7 Å². The van der Waals surface area contributed by atoms with Crippen LogP contribution in [0.2, 0.25) is 0 Å². The first-order chi connectivity index (χ1) is 18.9. The molecule has 39 heavy (non-hydrogen) atoms. The van der Waals surface area contributed by atoms with Gasteiger partial charge in [0.2, 0.25) is 0 Å². The fraction of sp³-hybridized carbons (Fsp3) is 0.333. The molecule has 1 aliphatic heterocycles. The first-order valence-corrected chi connectivity index (χ1v) is 13.4. The number of carboxylic acid groups (broad SMARTS) is 1. The highest BCUT2D eigenvalue weighted by Gasteiger charge is 2.25. The minimum absolute atomic E-state index is 0.294. The van der Waals surface area contributed by atoms with Gasteiger partial charge in [-0.2, -0.15) is 10.2 Å². The van der Waals surface area contributed by atoms with Gasteiger partial charge in [0.05, 0.1) is 28.7 Å².